The number of hydrogen-bond acceptors (Lipinski definition) is 11. The lowest BCUT2D eigenvalue weighted by Gasteiger charge is -2.47. The summed E-state index contributed by atoms with van der Waals surface area (Å²) >= 11 is 0. The highest BCUT2D eigenvalue weighted by Gasteiger charge is 2.41. The molecule has 0 saturated carbocycles. The predicted molar refractivity (Wildman–Crippen MR) is 221 cm³/mol. The van der Waals surface area contributed by atoms with Crippen LogP contribution in [-0.4, -0.2) is 131 Å². The molecule has 0 radical (unpaired) electrons. The van der Waals surface area contributed by atoms with E-state index < -0.39 is 11.9 Å². The van der Waals surface area contributed by atoms with Gasteiger partial charge < -0.3 is 35.6 Å². The largest absolute Gasteiger partial charge is 0.371 e. The first-order chi connectivity index (χ1) is 28.5. The molecule has 6 aliphatic heterocycles. The summed E-state index contributed by atoms with van der Waals surface area (Å²) in [4.78, 5) is 84.0. The number of rotatable bonds is 9. The van der Waals surface area contributed by atoms with Crippen molar-refractivity contribution in [2.75, 3.05) is 74.5 Å². The van der Waals surface area contributed by atoms with Crippen LogP contribution in [0.4, 0.5) is 27.8 Å². The number of hydrogen-bond donors (Lipinski definition) is 3. The Balaban J connectivity index is 0.770. The van der Waals surface area contributed by atoms with Crippen LogP contribution in [0.5, 0.6) is 0 Å². The predicted octanol–water partition coefficient (Wildman–Crippen LogP) is 3.30. The number of nitrogens with zero attached hydrogens (tertiary/aromatic N) is 8. The fourth-order valence-electron chi connectivity index (χ4n) is 10.0. The number of anilines is 4. The highest BCUT2D eigenvalue weighted by molar-refractivity contribution is 6.05. The number of piperidine rings is 4. The van der Waals surface area contributed by atoms with Crippen molar-refractivity contribution in [3.8, 4) is 0 Å². The molecule has 4 N–H and O–H groups in total. The number of aromatic nitrogens is 2. The Bertz CT molecular complexity index is 2150. The Morgan fingerprint density at radius 2 is 1.66 bits per heavy atom. The summed E-state index contributed by atoms with van der Waals surface area (Å²) in [5.41, 5.74) is 10.9. The Morgan fingerprint density at radius 3 is 2.37 bits per heavy atom. The first-order valence-corrected chi connectivity index (χ1v) is 21.1. The molecule has 1 aromatic heterocycles. The van der Waals surface area contributed by atoms with Crippen LogP contribution in [0.1, 0.15) is 83.3 Å². The van der Waals surface area contributed by atoms with Gasteiger partial charge in [-0.1, -0.05) is 12.1 Å². The van der Waals surface area contributed by atoms with Crippen LogP contribution in [0.25, 0.3) is 0 Å². The molecule has 2 atom stereocenters. The summed E-state index contributed by atoms with van der Waals surface area (Å²) in [7, 11) is 1.84. The first kappa shape index (κ1) is 38.7. The van der Waals surface area contributed by atoms with Crippen LogP contribution in [0.15, 0.2) is 48.7 Å². The zero-order chi connectivity index (χ0) is 40.8. The Hall–Kier alpha value is -5.77. The monoisotopic (exact) mass is 803 g/mol. The van der Waals surface area contributed by atoms with Crippen molar-refractivity contribution in [2.45, 2.75) is 76.5 Å². The number of likely N-dealkylation sites (tertiary alicyclic amines) is 1. The van der Waals surface area contributed by atoms with Gasteiger partial charge in [-0.25, -0.2) is 14.8 Å². The van der Waals surface area contributed by atoms with Crippen molar-refractivity contribution in [3.05, 3.63) is 71.0 Å². The van der Waals surface area contributed by atoms with E-state index in [0.717, 1.165) is 108 Å². The molecule has 1 spiro atoms. The van der Waals surface area contributed by atoms with E-state index in [1.54, 1.807) is 16.0 Å². The van der Waals surface area contributed by atoms with E-state index >= 15 is 0 Å². The second-order valence-corrected chi connectivity index (χ2v) is 17.3. The van der Waals surface area contributed by atoms with Gasteiger partial charge in [0.1, 0.15) is 11.9 Å². The first-order valence-electron chi connectivity index (χ1n) is 21.1. The van der Waals surface area contributed by atoms with Gasteiger partial charge >= 0.3 is 6.03 Å². The summed E-state index contributed by atoms with van der Waals surface area (Å²) in [6.07, 6.45) is 8.68. The molecule has 16 nitrogen and oxygen atoms in total. The van der Waals surface area contributed by atoms with Crippen LogP contribution >= 0.6 is 0 Å². The number of benzene rings is 2. The molecule has 2 aromatic carbocycles. The molecule has 5 saturated heterocycles. The normalized spacial score (nSPS) is 23.6. The average molecular weight is 804 g/mol. The zero-order valence-corrected chi connectivity index (χ0v) is 33.7. The average Bonchev–Trinajstić information content (AvgIpc) is 3.75. The number of carbonyl (C=O) groups excluding carboxylic acids is 5. The highest BCUT2D eigenvalue weighted by atomic mass is 16.2. The minimum atomic E-state index is -0.653. The minimum absolute atomic E-state index is 0.0665. The van der Waals surface area contributed by atoms with Gasteiger partial charge in [0.2, 0.25) is 11.8 Å². The maximum absolute atomic E-state index is 13.1. The van der Waals surface area contributed by atoms with Crippen LogP contribution in [-0.2, 0) is 22.7 Å². The second kappa shape index (κ2) is 15.8. The van der Waals surface area contributed by atoms with Gasteiger partial charge in [0.15, 0.2) is 11.5 Å². The van der Waals surface area contributed by atoms with Gasteiger partial charge in [-0.05, 0) is 105 Å². The number of primary amides is 1. The molecule has 0 aliphatic carbocycles. The molecule has 6 amide bonds. The van der Waals surface area contributed by atoms with E-state index in [1.807, 2.05) is 36.2 Å². The zero-order valence-electron chi connectivity index (χ0n) is 33.7. The molecule has 59 heavy (non-hydrogen) atoms. The number of nitrogens with one attached hydrogen (secondary N) is 2. The number of fused-ring (bicyclic) bond motifs is 1. The van der Waals surface area contributed by atoms with E-state index in [4.69, 9.17) is 10.7 Å². The molecule has 5 fully saturated rings. The number of urea groups is 1. The Labute approximate surface area is 344 Å². The molecule has 16 heteroatoms. The van der Waals surface area contributed by atoms with Crippen LogP contribution in [0.2, 0.25) is 0 Å². The molecule has 0 unspecified atom stereocenters. The summed E-state index contributed by atoms with van der Waals surface area (Å²) < 4.78 is 0. The maximum Gasteiger partial charge on any atom is 0.320 e. The number of likely N-dealkylation sites (N-methyl/N-ethyl adjacent to an activating group) is 1. The van der Waals surface area contributed by atoms with Crippen LogP contribution in [0, 0.1) is 5.41 Å². The lowest BCUT2D eigenvalue weighted by Crippen LogP contribution is -2.52. The Morgan fingerprint density at radius 1 is 0.898 bits per heavy atom. The van der Waals surface area contributed by atoms with Crippen molar-refractivity contribution in [2.24, 2.45) is 11.1 Å². The lowest BCUT2D eigenvalue weighted by molar-refractivity contribution is -0.136. The smallest absolute Gasteiger partial charge is 0.320 e. The van der Waals surface area contributed by atoms with Gasteiger partial charge in [-0.3, -0.25) is 29.4 Å². The van der Waals surface area contributed by atoms with Crippen molar-refractivity contribution >= 4 is 52.7 Å². The van der Waals surface area contributed by atoms with Crippen LogP contribution in [0.3, 0.4) is 0 Å². The highest BCUT2D eigenvalue weighted by Crippen LogP contribution is 2.43. The van der Waals surface area contributed by atoms with Crippen LogP contribution < -0.4 is 26.2 Å². The Kier molecular flexibility index (Phi) is 10.4. The van der Waals surface area contributed by atoms with E-state index in [1.165, 1.54) is 5.56 Å². The van der Waals surface area contributed by atoms with E-state index in [-0.39, 0.29) is 41.9 Å². The van der Waals surface area contributed by atoms with Gasteiger partial charge in [0.25, 0.3) is 11.8 Å². The summed E-state index contributed by atoms with van der Waals surface area (Å²) in [5.74, 6) is -0.490. The van der Waals surface area contributed by atoms with Gasteiger partial charge in [0, 0.05) is 82.8 Å². The van der Waals surface area contributed by atoms with Crippen molar-refractivity contribution in [1.29, 1.82) is 0 Å². The molecule has 3 aromatic rings. The third kappa shape index (κ3) is 7.77. The molecule has 7 heterocycles. The molecular weight excluding hydrogens is 751 g/mol. The van der Waals surface area contributed by atoms with Gasteiger partial charge in [-0.2, -0.15) is 0 Å². The molecule has 310 valence electrons. The van der Waals surface area contributed by atoms with Crippen molar-refractivity contribution in [1.82, 2.24) is 34.9 Å². The summed E-state index contributed by atoms with van der Waals surface area (Å²) in [5, 5.41) is 5.68. The topological polar surface area (TPSA) is 181 Å². The minimum Gasteiger partial charge on any atom is -0.371 e. The molecular formula is C43H53N11O5. The standard InChI is InChI=1S/C43H53N11O5/c1-49-21-22-53(42(49)59)32-3-2-16-52(27-32)35-24-45-37(38(44)56)39(47-35)46-30-5-7-31(8-6-30)51-19-14-43(15-20-51)12-17-50(18-13-43)25-28-4-9-33-29(23-28)26-54(41(33)58)34-10-11-36(55)48-40(34)57/h4-9,23-24,32,34H,2-3,10-22,25-27H2,1H3,(H2,44,56)(H,46,47)(H,48,55,57)/t32-,34-/m1/s1. The molecule has 6 aliphatic rings. The number of nitrogens with two attached hydrogens (primary N) is 1. The SMILES string of the molecule is CN1CCN([C@@H]2CCCN(c3cnc(C(N)=O)c(Nc4ccc(N5CCC6(CCN(Cc7ccc8c(c7)CN([C@@H]7CCC(=O)NC7=O)C8=O)CC6)CC5)cc4)n3)C2)C1=O. The maximum atomic E-state index is 13.1. The van der Waals surface area contributed by atoms with E-state index in [9.17, 15) is 24.0 Å². The fraction of sp³-hybridized carbons (Fsp3) is 0.512. The third-order valence-corrected chi connectivity index (χ3v) is 13.6. The fourth-order valence-corrected chi connectivity index (χ4v) is 10.0. The number of imide groups is 1. The van der Waals surface area contributed by atoms with Crippen molar-refractivity contribution < 1.29 is 24.0 Å². The second-order valence-electron chi connectivity index (χ2n) is 17.3. The number of carbonyl (C=O) groups is 5. The van der Waals surface area contributed by atoms with Gasteiger partial charge in [-0.15, -0.1) is 0 Å². The van der Waals surface area contributed by atoms with E-state index in [2.05, 4.69) is 48.5 Å². The summed E-state index contributed by atoms with van der Waals surface area (Å²) in [6.45, 7) is 8.17. The van der Waals surface area contributed by atoms with Crippen molar-refractivity contribution in [3.63, 3.8) is 0 Å². The lowest BCUT2D eigenvalue weighted by atomic mass is 9.71. The third-order valence-electron chi connectivity index (χ3n) is 13.6. The van der Waals surface area contributed by atoms with E-state index in [0.29, 0.717) is 42.1 Å². The number of amides is 6. The molecule has 9 rings (SSSR count). The quantitative estimate of drug-likeness (QED) is 0.270. The van der Waals surface area contributed by atoms with Gasteiger partial charge in [0.05, 0.1) is 12.2 Å². The summed E-state index contributed by atoms with van der Waals surface area (Å²) in [6, 6.07) is 13.9. The molecule has 0 bridgehead atoms.